The summed E-state index contributed by atoms with van der Waals surface area (Å²) in [6.45, 7) is -0.195. The van der Waals surface area contributed by atoms with Gasteiger partial charge in [0.15, 0.2) is 0 Å². The van der Waals surface area contributed by atoms with E-state index < -0.39 is 10.5 Å². The highest BCUT2D eigenvalue weighted by molar-refractivity contribution is 9.10. The van der Waals surface area contributed by atoms with E-state index in [2.05, 4.69) is 15.9 Å². The van der Waals surface area contributed by atoms with Crippen molar-refractivity contribution in [2.75, 3.05) is 0 Å². The standard InChI is InChI=1S/C7H5BrN2O4/c8-6-3-5(10(13)14)4-9(1-2-11)7(6)12/h2-4H,1H2. The van der Waals surface area contributed by atoms with E-state index in [1.807, 2.05) is 0 Å². The van der Waals surface area contributed by atoms with Crippen molar-refractivity contribution in [2.24, 2.45) is 0 Å². The maximum atomic E-state index is 11.3. The molecule has 1 aromatic rings. The maximum absolute atomic E-state index is 11.3. The number of carbonyl (C=O) groups excluding carboxylic acids is 1. The second-order valence-corrected chi connectivity index (χ2v) is 3.28. The summed E-state index contributed by atoms with van der Waals surface area (Å²) in [5.74, 6) is 0. The lowest BCUT2D eigenvalue weighted by molar-refractivity contribution is -0.385. The molecular formula is C7H5BrN2O4. The van der Waals surface area contributed by atoms with Gasteiger partial charge < -0.3 is 9.36 Å². The first-order valence-corrected chi connectivity index (χ1v) is 4.33. The van der Waals surface area contributed by atoms with Crippen molar-refractivity contribution in [1.82, 2.24) is 4.57 Å². The first kappa shape index (κ1) is 10.6. The van der Waals surface area contributed by atoms with E-state index in [1.54, 1.807) is 0 Å². The van der Waals surface area contributed by atoms with Gasteiger partial charge in [0.25, 0.3) is 11.2 Å². The number of carbonyl (C=O) groups is 1. The minimum Gasteiger partial charge on any atom is -0.301 e. The van der Waals surface area contributed by atoms with Crippen molar-refractivity contribution >= 4 is 27.9 Å². The van der Waals surface area contributed by atoms with Gasteiger partial charge in [-0.05, 0) is 15.9 Å². The van der Waals surface area contributed by atoms with E-state index in [1.165, 1.54) is 0 Å². The van der Waals surface area contributed by atoms with Gasteiger partial charge in [0, 0.05) is 6.07 Å². The van der Waals surface area contributed by atoms with Crippen molar-refractivity contribution in [2.45, 2.75) is 6.54 Å². The Labute approximate surface area is 86.4 Å². The molecular weight excluding hydrogens is 256 g/mol. The van der Waals surface area contributed by atoms with Crippen molar-refractivity contribution in [1.29, 1.82) is 0 Å². The van der Waals surface area contributed by atoms with Crippen molar-refractivity contribution in [3.05, 3.63) is 37.2 Å². The zero-order chi connectivity index (χ0) is 10.7. The number of halogens is 1. The third-order valence-electron chi connectivity index (χ3n) is 1.51. The van der Waals surface area contributed by atoms with Crippen molar-refractivity contribution < 1.29 is 9.72 Å². The van der Waals surface area contributed by atoms with Crippen LogP contribution in [0.5, 0.6) is 0 Å². The molecule has 0 N–H and O–H groups in total. The van der Waals surface area contributed by atoms with E-state index in [9.17, 15) is 19.7 Å². The summed E-state index contributed by atoms with van der Waals surface area (Å²) in [5.41, 5.74) is -0.707. The number of nitrogens with zero attached hydrogens (tertiary/aromatic N) is 2. The van der Waals surface area contributed by atoms with Crippen LogP contribution in [-0.4, -0.2) is 15.8 Å². The van der Waals surface area contributed by atoms with Gasteiger partial charge in [0.05, 0.1) is 22.1 Å². The van der Waals surface area contributed by atoms with Crippen LogP contribution in [0.2, 0.25) is 0 Å². The fourth-order valence-electron chi connectivity index (χ4n) is 0.900. The summed E-state index contributed by atoms with van der Waals surface area (Å²) in [6.07, 6.45) is 1.53. The van der Waals surface area contributed by atoms with E-state index in [4.69, 9.17) is 0 Å². The molecule has 0 saturated carbocycles. The predicted octanol–water partition coefficient (Wildman–Crippen LogP) is 0.718. The lowest BCUT2D eigenvalue weighted by Crippen LogP contribution is -2.21. The monoisotopic (exact) mass is 260 g/mol. The van der Waals surface area contributed by atoms with Gasteiger partial charge in [-0.1, -0.05) is 0 Å². The predicted molar refractivity (Wildman–Crippen MR) is 51.1 cm³/mol. The minimum atomic E-state index is -0.633. The molecule has 0 aliphatic heterocycles. The molecule has 14 heavy (non-hydrogen) atoms. The molecule has 0 saturated heterocycles. The maximum Gasteiger partial charge on any atom is 0.286 e. The average Bonchev–Trinajstić information content (AvgIpc) is 2.12. The van der Waals surface area contributed by atoms with Crippen molar-refractivity contribution in [3.8, 4) is 0 Å². The molecule has 0 fully saturated rings. The third kappa shape index (κ3) is 2.05. The van der Waals surface area contributed by atoms with Gasteiger partial charge in [0.1, 0.15) is 6.29 Å². The number of hydrogen-bond donors (Lipinski definition) is 0. The van der Waals surface area contributed by atoms with Crippen LogP contribution in [0, 0.1) is 10.1 Å². The number of pyridine rings is 1. The van der Waals surface area contributed by atoms with Crippen molar-refractivity contribution in [3.63, 3.8) is 0 Å². The topological polar surface area (TPSA) is 82.2 Å². The molecule has 7 heteroatoms. The molecule has 74 valence electrons. The molecule has 0 aliphatic rings. The molecule has 1 aromatic heterocycles. The molecule has 0 radical (unpaired) electrons. The lowest BCUT2D eigenvalue weighted by atomic mass is 10.4. The van der Waals surface area contributed by atoms with Gasteiger partial charge in [-0.3, -0.25) is 14.9 Å². The molecule has 0 amide bonds. The normalized spacial score (nSPS) is 9.79. The summed E-state index contributed by atoms with van der Waals surface area (Å²) >= 11 is 2.88. The lowest BCUT2D eigenvalue weighted by Gasteiger charge is -2.00. The molecule has 0 aliphatic carbocycles. The molecule has 0 atom stereocenters. The van der Waals surface area contributed by atoms with Gasteiger partial charge >= 0.3 is 0 Å². The van der Waals surface area contributed by atoms with Crippen LogP contribution < -0.4 is 5.56 Å². The Morgan fingerprint density at radius 2 is 2.29 bits per heavy atom. The second kappa shape index (κ2) is 4.14. The van der Waals surface area contributed by atoms with Crippen LogP contribution in [0.1, 0.15) is 0 Å². The number of nitro groups is 1. The Balaban J connectivity index is 3.35. The fraction of sp³-hybridized carbons (Fsp3) is 0.143. The second-order valence-electron chi connectivity index (χ2n) is 2.43. The van der Waals surface area contributed by atoms with Gasteiger partial charge in [-0.15, -0.1) is 0 Å². The van der Waals surface area contributed by atoms with Crippen LogP contribution in [0.15, 0.2) is 21.5 Å². The van der Waals surface area contributed by atoms with E-state index in [-0.39, 0.29) is 16.7 Å². The molecule has 1 rings (SSSR count). The smallest absolute Gasteiger partial charge is 0.286 e. The summed E-state index contributed by atoms with van der Waals surface area (Å²) in [6, 6.07) is 1.10. The van der Waals surface area contributed by atoms with E-state index in [0.717, 1.165) is 16.8 Å². The average molecular weight is 261 g/mol. The zero-order valence-electron chi connectivity index (χ0n) is 6.84. The number of rotatable bonds is 3. The summed E-state index contributed by atoms with van der Waals surface area (Å²) in [7, 11) is 0. The molecule has 0 unspecified atom stereocenters. The number of hydrogen-bond acceptors (Lipinski definition) is 4. The Kier molecular flexibility index (Phi) is 3.13. The molecule has 6 nitrogen and oxygen atoms in total. The highest BCUT2D eigenvalue weighted by Crippen LogP contribution is 2.13. The minimum absolute atomic E-state index is 0.0635. The first-order chi connectivity index (χ1) is 6.56. The quantitative estimate of drug-likeness (QED) is 0.456. The van der Waals surface area contributed by atoms with Crippen LogP contribution >= 0.6 is 15.9 Å². The Bertz CT molecular complexity index is 440. The van der Waals surface area contributed by atoms with Crippen LogP contribution in [0.3, 0.4) is 0 Å². The molecule has 0 aromatic carbocycles. The van der Waals surface area contributed by atoms with Crippen LogP contribution in [-0.2, 0) is 11.3 Å². The van der Waals surface area contributed by atoms with Crippen LogP contribution in [0.25, 0.3) is 0 Å². The Morgan fingerprint density at radius 3 is 2.79 bits per heavy atom. The molecule has 1 heterocycles. The summed E-state index contributed by atoms with van der Waals surface area (Å²) < 4.78 is 1.03. The number of aldehydes is 1. The fourth-order valence-corrected chi connectivity index (χ4v) is 1.36. The highest BCUT2D eigenvalue weighted by atomic mass is 79.9. The van der Waals surface area contributed by atoms with E-state index >= 15 is 0 Å². The molecule has 0 spiro atoms. The highest BCUT2D eigenvalue weighted by Gasteiger charge is 2.11. The van der Waals surface area contributed by atoms with Gasteiger partial charge in [-0.2, -0.15) is 0 Å². The first-order valence-electron chi connectivity index (χ1n) is 3.54. The zero-order valence-corrected chi connectivity index (χ0v) is 8.43. The third-order valence-corrected chi connectivity index (χ3v) is 2.08. The van der Waals surface area contributed by atoms with E-state index in [0.29, 0.717) is 6.29 Å². The summed E-state index contributed by atoms with van der Waals surface area (Å²) in [4.78, 5) is 31.2. The summed E-state index contributed by atoms with van der Waals surface area (Å²) in [5, 5.41) is 10.4. The Morgan fingerprint density at radius 1 is 1.64 bits per heavy atom. The number of aromatic nitrogens is 1. The largest absolute Gasteiger partial charge is 0.301 e. The Hall–Kier alpha value is -1.50. The van der Waals surface area contributed by atoms with Crippen LogP contribution in [0.4, 0.5) is 5.69 Å². The van der Waals surface area contributed by atoms with Gasteiger partial charge in [-0.25, -0.2) is 0 Å². The van der Waals surface area contributed by atoms with Gasteiger partial charge in [0.2, 0.25) is 0 Å². The SMILES string of the molecule is O=CCn1cc([N+](=O)[O-])cc(Br)c1=O. The molecule has 0 bridgehead atoms.